The Morgan fingerprint density at radius 2 is 1.15 bits per heavy atom. The minimum absolute atomic E-state index is 0.0723. The maximum atomic E-state index is 6.12. The fraction of sp³-hybridized carbons (Fsp3) is 0.273. The average molecular weight is 649 g/mol. The SMILES string of the molecule is COc1cc2c3c(c1)N(c1ccc(C(C)(C)C)cc1)c1c(sc4ccc(C)cc14)C3c1ccc(C)cc1N2c1ccc(C(C)(C)C)cc1. The van der Waals surface area contributed by atoms with Gasteiger partial charge in [0.25, 0.3) is 0 Å². The van der Waals surface area contributed by atoms with Crippen molar-refractivity contribution in [2.45, 2.75) is 72.1 Å². The van der Waals surface area contributed by atoms with E-state index in [1.165, 1.54) is 71.1 Å². The van der Waals surface area contributed by atoms with E-state index in [0.29, 0.717) is 0 Å². The Balaban J connectivity index is 1.46. The molecule has 242 valence electrons. The van der Waals surface area contributed by atoms with Crippen LogP contribution in [0.2, 0.25) is 0 Å². The molecule has 0 radical (unpaired) electrons. The van der Waals surface area contributed by atoms with Gasteiger partial charge in [-0.05, 0) is 89.4 Å². The molecule has 0 bridgehead atoms. The number of methoxy groups -OCH3 is 1. The molecule has 8 rings (SSSR count). The number of hydrogen-bond acceptors (Lipinski definition) is 4. The minimum atomic E-state index is 0.0723. The van der Waals surface area contributed by atoms with E-state index in [-0.39, 0.29) is 16.7 Å². The summed E-state index contributed by atoms with van der Waals surface area (Å²) in [6, 6.07) is 36.8. The van der Waals surface area contributed by atoms with Crippen LogP contribution in [0.4, 0.5) is 34.1 Å². The fourth-order valence-electron chi connectivity index (χ4n) is 7.56. The molecule has 0 fully saturated rings. The smallest absolute Gasteiger partial charge is 0.123 e. The maximum absolute atomic E-state index is 6.12. The zero-order chi connectivity index (χ0) is 33.7. The summed E-state index contributed by atoms with van der Waals surface area (Å²) in [6.45, 7) is 18.1. The molecule has 2 aliphatic heterocycles. The van der Waals surface area contributed by atoms with E-state index in [0.717, 1.165) is 17.1 Å². The highest BCUT2D eigenvalue weighted by molar-refractivity contribution is 7.20. The predicted octanol–water partition coefficient (Wildman–Crippen LogP) is 12.9. The average Bonchev–Trinajstić information content (AvgIpc) is 3.42. The summed E-state index contributed by atoms with van der Waals surface area (Å²) >= 11 is 1.94. The number of thiophene rings is 1. The van der Waals surface area contributed by atoms with Gasteiger partial charge in [0.1, 0.15) is 5.75 Å². The standard InChI is InChI=1S/C44H44N2OS/c1-26-11-21-38-34(22-26)41-42(48-38)39-33-20-10-27(2)23-35(33)45(30-16-12-28(13-17-30)43(3,4)5)36-24-32(47-9)25-37(40(36)39)46(41)31-18-14-29(15-19-31)44(6,7)8/h10-25,39H,1-9H3. The first-order valence-corrected chi connectivity index (χ1v) is 17.8. The van der Waals surface area contributed by atoms with Crippen molar-refractivity contribution in [3.63, 3.8) is 0 Å². The van der Waals surface area contributed by atoms with Crippen molar-refractivity contribution in [1.29, 1.82) is 0 Å². The van der Waals surface area contributed by atoms with Gasteiger partial charge < -0.3 is 14.5 Å². The van der Waals surface area contributed by atoms with Crippen LogP contribution in [-0.2, 0) is 10.8 Å². The highest BCUT2D eigenvalue weighted by atomic mass is 32.1. The summed E-state index contributed by atoms with van der Waals surface area (Å²) < 4.78 is 7.43. The topological polar surface area (TPSA) is 15.7 Å². The van der Waals surface area contributed by atoms with Gasteiger partial charge in [0.2, 0.25) is 0 Å². The van der Waals surface area contributed by atoms with E-state index in [9.17, 15) is 0 Å². The molecule has 5 aromatic carbocycles. The highest BCUT2D eigenvalue weighted by Gasteiger charge is 2.43. The molecule has 0 saturated carbocycles. The van der Waals surface area contributed by atoms with Gasteiger partial charge in [-0.1, -0.05) is 89.6 Å². The van der Waals surface area contributed by atoms with Crippen LogP contribution in [0.1, 0.15) is 85.7 Å². The summed E-state index contributed by atoms with van der Waals surface area (Å²) in [7, 11) is 1.79. The van der Waals surface area contributed by atoms with E-state index >= 15 is 0 Å². The molecule has 3 heterocycles. The largest absolute Gasteiger partial charge is 0.497 e. The Kier molecular flexibility index (Phi) is 6.88. The van der Waals surface area contributed by atoms with Crippen LogP contribution in [-0.4, -0.2) is 7.11 Å². The molecular weight excluding hydrogens is 605 g/mol. The third-order valence-corrected chi connectivity index (χ3v) is 11.4. The highest BCUT2D eigenvalue weighted by Crippen LogP contribution is 2.64. The zero-order valence-corrected chi connectivity index (χ0v) is 30.3. The first-order valence-electron chi connectivity index (χ1n) is 17.0. The second kappa shape index (κ2) is 10.7. The van der Waals surface area contributed by atoms with Crippen LogP contribution in [0.3, 0.4) is 0 Å². The second-order valence-corrected chi connectivity index (χ2v) is 16.7. The third kappa shape index (κ3) is 4.76. The Bertz CT molecular complexity index is 2210. The van der Waals surface area contributed by atoms with Crippen LogP contribution < -0.4 is 14.5 Å². The quantitative estimate of drug-likeness (QED) is 0.190. The number of hydrogen-bond donors (Lipinski definition) is 0. The van der Waals surface area contributed by atoms with Crippen LogP contribution in [0.15, 0.2) is 97.1 Å². The molecule has 3 nitrogen and oxygen atoms in total. The van der Waals surface area contributed by atoms with Gasteiger partial charge in [-0.25, -0.2) is 0 Å². The molecule has 4 heteroatoms. The zero-order valence-electron chi connectivity index (χ0n) is 29.5. The summed E-state index contributed by atoms with van der Waals surface area (Å²) in [5.41, 5.74) is 15.2. The van der Waals surface area contributed by atoms with Crippen molar-refractivity contribution in [3.05, 3.63) is 135 Å². The molecule has 0 saturated heterocycles. The van der Waals surface area contributed by atoms with Crippen molar-refractivity contribution in [3.8, 4) is 5.75 Å². The lowest BCUT2D eigenvalue weighted by Gasteiger charge is -2.44. The molecule has 1 unspecified atom stereocenters. The second-order valence-electron chi connectivity index (χ2n) is 15.7. The molecule has 0 aliphatic carbocycles. The maximum Gasteiger partial charge on any atom is 0.123 e. The van der Waals surface area contributed by atoms with Gasteiger partial charge in [0.15, 0.2) is 0 Å². The van der Waals surface area contributed by atoms with Gasteiger partial charge in [0.05, 0.1) is 35.8 Å². The van der Waals surface area contributed by atoms with E-state index in [4.69, 9.17) is 4.74 Å². The van der Waals surface area contributed by atoms with Gasteiger partial charge in [-0.3, -0.25) is 0 Å². The van der Waals surface area contributed by atoms with Gasteiger partial charge in [0, 0.05) is 44.0 Å². The number of aryl methyl sites for hydroxylation is 2. The first-order chi connectivity index (χ1) is 22.8. The fourth-order valence-corrected chi connectivity index (χ4v) is 8.86. The Morgan fingerprint density at radius 3 is 1.73 bits per heavy atom. The van der Waals surface area contributed by atoms with E-state index < -0.39 is 0 Å². The lowest BCUT2D eigenvalue weighted by atomic mass is 9.78. The van der Waals surface area contributed by atoms with Crippen LogP contribution in [0.5, 0.6) is 5.75 Å². The van der Waals surface area contributed by atoms with Crippen molar-refractivity contribution in [2.75, 3.05) is 16.9 Å². The summed E-state index contributed by atoms with van der Waals surface area (Å²) in [6.07, 6.45) is 0. The van der Waals surface area contributed by atoms with Gasteiger partial charge in [-0.2, -0.15) is 0 Å². The van der Waals surface area contributed by atoms with Gasteiger partial charge >= 0.3 is 0 Å². The van der Waals surface area contributed by atoms with Gasteiger partial charge in [-0.15, -0.1) is 11.3 Å². The lowest BCUT2D eigenvalue weighted by Crippen LogP contribution is -2.28. The molecule has 1 aromatic heterocycles. The molecule has 6 aromatic rings. The number of benzene rings is 5. The van der Waals surface area contributed by atoms with Crippen molar-refractivity contribution < 1.29 is 4.74 Å². The predicted molar refractivity (Wildman–Crippen MR) is 206 cm³/mol. The molecule has 0 amide bonds. The van der Waals surface area contributed by atoms with Crippen molar-refractivity contribution >= 4 is 55.5 Å². The van der Waals surface area contributed by atoms with Crippen molar-refractivity contribution in [2.24, 2.45) is 0 Å². The summed E-state index contributed by atoms with van der Waals surface area (Å²) in [5.74, 6) is 0.949. The Morgan fingerprint density at radius 1 is 0.604 bits per heavy atom. The molecule has 2 aliphatic rings. The lowest BCUT2D eigenvalue weighted by molar-refractivity contribution is 0.415. The minimum Gasteiger partial charge on any atom is -0.497 e. The number of fused-ring (bicyclic) bond motifs is 6. The number of rotatable bonds is 3. The molecule has 48 heavy (non-hydrogen) atoms. The molecule has 0 spiro atoms. The Labute approximate surface area is 289 Å². The Hall–Kier alpha value is -4.54. The number of nitrogens with zero attached hydrogens (tertiary/aromatic N) is 2. The van der Waals surface area contributed by atoms with E-state index in [1.807, 2.05) is 11.3 Å². The summed E-state index contributed by atoms with van der Waals surface area (Å²) in [4.78, 5) is 6.37. The van der Waals surface area contributed by atoms with E-state index in [2.05, 4.69) is 162 Å². The van der Waals surface area contributed by atoms with Crippen molar-refractivity contribution in [1.82, 2.24) is 0 Å². The number of anilines is 6. The molecular formula is C44H44N2OS. The molecule has 1 atom stereocenters. The monoisotopic (exact) mass is 648 g/mol. The van der Waals surface area contributed by atoms with Crippen LogP contribution in [0, 0.1) is 13.8 Å². The molecule has 0 N–H and O–H groups in total. The van der Waals surface area contributed by atoms with Crippen LogP contribution in [0.25, 0.3) is 10.1 Å². The van der Waals surface area contributed by atoms with E-state index in [1.54, 1.807) is 7.11 Å². The van der Waals surface area contributed by atoms with Crippen LogP contribution >= 0.6 is 11.3 Å². The third-order valence-electron chi connectivity index (χ3n) is 10.2. The summed E-state index contributed by atoms with van der Waals surface area (Å²) in [5, 5.41) is 1.30. The first kappa shape index (κ1) is 30.8. The normalized spacial score (nSPS) is 15.3. The number of ether oxygens (including phenoxy) is 1.